The molecule has 7 heteroatoms. The number of carboxylic acids is 1. The van der Waals surface area contributed by atoms with Crippen molar-refractivity contribution in [1.82, 2.24) is 10.2 Å². The molecule has 3 atom stereocenters. The zero-order valence-electron chi connectivity index (χ0n) is 19.3. The zero-order valence-corrected chi connectivity index (χ0v) is 19.3. The van der Waals surface area contributed by atoms with Gasteiger partial charge in [0.25, 0.3) is 0 Å². The minimum atomic E-state index is -0.810. The maximum Gasteiger partial charge on any atom is 0.407 e. The molecule has 178 valence electrons. The Morgan fingerprint density at radius 3 is 2.21 bits per heavy atom. The van der Waals surface area contributed by atoms with Crippen LogP contribution in [0.2, 0.25) is 0 Å². The number of fused-ring (bicyclic) bond motifs is 3. The number of alkyl carbamates (subject to hydrolysis) is 1. The van der Waals surface area contributed by atoms with Crippen LogP contribution in [0.15, 0.2) is 48.5 Å². The van der Waals surface area contributed by atoms with Gasteiger partial charge in [-0.15, -0.1) is 0 Å². The van der Waals surface area contributed by atoms with Crippen molar-refractivity contribution >= 4 is 18.0 Å². The van der Waals surface area contributed by atoms with Crippen LogP contribution >= 0.6 is 0 Å². The number of aliphatic carboxylic acids is 1. The number of carbonyl (C=O) groups excluding carboxylic acids is 2. The number of nitrogens with one attached hydrogen (secondary N) is 1. The topological polar surface area (TPSA) is 95.9 Å². The van der Waals surface area contributed by atoms with Crippen LogP contribution in [0, 0.1) is 17.8 Å². The van der Waals surface area contributed by atoms with E-state index in [1.54, 1.807) is 4.90 Å². The standard InChI is InChI=1S/C27H30N2O5/c1-16-14-29(13-12-18(16)26(31)32)25(30)24(17-10-11-17)28-27(33)34-15-23-21-8-4-2-6-19(21)20-7-3-5-9-22(20)23/h2-9,16-18,23-24H,10-15H2,1H3,(H,28,33)(H,31,32). The van der Waals surface area contributed by atoms with Crippen molar-refractivity contribution in [2.45, 2.75) is 38.1 Å². The molecule has 1 saturated heterocycles. The summed E-state index contributed by atoms with van der Waals surface area (Å²) in [5.74, 6) is -1.42. The van der Waals surface area contributed by atoms with Crippen molar-refractivity contribution in [3.63, 3.8) is 0 Å². The lowest BCUT2D eigenvalue weighted by Crippen LogP contribution is -2.54. The fraction of sp³-hybridized carbons (Fsp3) is 0.444. The number of carbonyl (C=O) groups is 3. The Bertz CT molecular complexity index is 1070. The van der Waals surface area contributed by atoms with Gasteiger partial charge in [0.2, 0.25) is 5.91 Å². The first-order chi connectivity index (χ1) is 16.4. The number of hydrogen-bond donors (Lipinski definition) is 2. The van der Waals surface area contributed by atoms with E-state index >= 15 is 0 Å². The average Bonchev–Trinajstić information content (AvgIpc) is 3.63. The number of benzene rings is 2. The van der Waals surface area contributed by atoms with E-state index in [0.29, 0.717) is 19.5 Å². The van der Waals surface area contributed by atoms with Crippen molar-refractivity contribution < 1.29 is 24.2 Å². The highest BCUT2D eigenvalue weighted by Crippen LogP contribution is 2.44. The van der Waals surface area contributed by atoms with Crippen LogP contribution in [0.4, 0.5) is 4.79 Å². The number of likely N-dealkylation sites (tertiary alicyclic amines) is 1. The molecule has 1 aliphatic heterocycles. The predicted octanol–water partition coefficient (Wildman–Crippen LogP) is 3.87. The molecule has 1 saturated carbocycles. The van der Waals surface area contributed by atoms with Gasteiger partial charge >= 0.3 is 12.1 Å². The molecule has 0 aromatic heterocycles. The van der Waals surface area contributed by atoms with Gasteiger partial charge < -0.3 is 20.1 Å². The summed E-state index contributed by atoms with van der Waals surface area (Å²) < 4.78 is 5.66. The number of piperidine rings is 1. The minimum Gasteiger partial charge on any atom is -0.481 e. The molecule has 0 bridgehead atoms. The van der Waals surface area contributed by atoms with Crippen LogP contribution in [0.1, 0.15) is 43.2 Å². The summed E-state index contributed by atoms with van der Waals surface area (Å²) in [5, 5.41) is 12.2. The van der Waals surface area contributed by atoms with Crippen molar-refractivity contribution in [2.24, 2.45) is 17.8 Å². The lowest BCUT2D eigenvalue weighted by molar-refractivity contribution is -0.149. The molecule has 2 aliphatic carbocycles. The second-order valence-electron chi connectivity index (χ2n) is 9.78. The Morgan fingerprint density at radius 1 is 1.03 bits per heavy atom. The summed E-state index contributed by atoms with van der Waals surface area (Å²) >= 11 is 0. The molecular formula is C27H30N2O5. The molecule has 0 spiro atoms. The first-order valence-corrected chi connectivity index (χ1v) is 12.1. The first-order valence-electron chi connectivity index (χ1n) is 12.1. The van der Waals surface area contributed by atoms with Crippen LogP contribution in [-0.2, 0) is 14.3 Å². The van der Waals surface area contributed by atoms with Gasteiger partial charge in [-0.1, -0.05) is 55.5 Å². The molecule has 2 aromatic carbocycles. The molecule has 2 aromatic rings. The van der Waals surface area contributed by atoms with Gasteiger partial charge in [0.1, 0.15) is 12.6 Å². The summed E-state index contributed by atoms with van der Waals surface area (Å²) in [7, 11) is 0. The molecule has 0 radical (unpaired) electrons. The fourth-order valence-corrected chi connectivity index (χ4v) is 5.49. The number of carboxylic acid groups (broad SMARTS) is 1. The normalized spacial score (nSPS) is 22.4. The summed E-state index contributed by atoms with van der Waals surface area (Å²) in [6.07, 6.45) is 1.63. The molecule has 3 aliphatic rings. The molecular weight excluding hydrogens is 432 g/mol. The van der Waals surface area contributed by atoms with E-state index in [-0.39, 0.29) is 30.3 Å². The first kappa shape index (κ1) is 22.4. The van der Waals surface area contributed by atoms with E-state index in [0.717, 1.165) is 35.1 Å². The van der Waals surface area contributed by atoms with E-state index in [2.05, 4.69) is 29.6 Å². The summed E-state index contributed by atoms with van der Waals surface area (Å²) in [4.78, 5) is 39.1. The summed E-state index contributed by atoms with van der Waals surface area (Å²) in [6.45, 7) is 2.86. The molecule has 2 amide bonds. The van der Waals surface area contributed by atoms with E-state index < -0.39 is 24.0 Å². The SMILES string of the molecule is CC1CN(C(=O)C(NC(=O)OCC2c3ccccc3-c3ccccc32)C2CC2)CCC1C(=O)O. The number of nitrogens with zero attached hydrogens (tertiary/aromatic N) is 1. The maximum atomic E-state index is 13.2. The lowest BCUT2D eigenvalue weighted by atomic mass is 9.86. The van der Waals surface area contributed by atoms with Crippen LogP contribution < -0.4 is 5.32 Å². The molecule has 3 unspecified atom stereocenters. The van der Waals surface area contributed by atoms with Gasteiger partial charge in [0, 0.05) is 19.0 Å². The van der Waals surface area contributed by atoms with E-state index in [1.165, 1.54) is 0 Å². The van der Waals surface area contributed by atoms with Crippen LogP contribution in [-0.4, -0.2) is 53.7 Å². The van der Waals surface area contributed by atoms with Crippen molar-refractivity contribution in [3.05, 3.63) is 59.7 Å². The van der Waals surface area contributed by atoms with Crippen LogP contribution in [0.3, 0.4) is 0 Å². The Balaban J connectivity index is 1.22. The molecule has 5 rings (SSSR count). The third-order valence-corrected chi connectivity index (χ3v) is 7.51. The Morgan fingerprint density at radius 2 is 1.65 bits per heavy atom. The third-order valence-electron chi connectivity index (χ3n) is 7.51. The minimum absolute atomic E-state index is 0.0378. The summed E-state index contributed by atoms with van der Waals surface area (Å²) in [6, 6.07) is 15.7. The Labute approximate surface area is 199 Å². The van der Waals surface area contributed by atoms with Crippen LogP contribution in [0.5, 0.6) is 0 Å². The highest BCUT2D eigenvalue weighted by Gasteiger charge is 2.42. The number of amides is 2. The van der Waals surface area contributed by atoms with E-state index in [9.17, 15) is 19.5 Å². The lowest BCUT2D eigenvalue weighted by Gasteiger charge is -2.36. The number of hydrogen-bond acceptors (Lipinski definition) is 4. The van der Waals surface area contributed by atoms with Crippen molar-refractivity contribution in [1.29, 1.82) is 0 Å². The van der Waals surface area contributed by atoms with Gasteiger partial charge in [-0.25, -0.2) is 4.79 Å². The van der Waals surface area contributed by atoms with Crippen LogP contribution in [0.25, 0.3) is 11.1 Å². The Kier molecular flexibility index (Phi) is 6.02. The van der Waals surface area contributed by atoms with Crippen molar-refractivity contribution in [2.75, 3.05) is 19.7 Å². The summed E-state index contributed by atoms with van der Waals surface area (Å²) in [5.41, 5.74) is 4.61. The predicted molar refractivity (Wildman–Crippen MR) is 126 cm³/mol. The average molecular weight is 463 g/mol. The van der Waals surface area contributed by atoms with Gasteiger partial charge in [0.15, 0.2) is 0 Å². The Hall–Kier alpha value is -3.35. The fourth-order valence-electron chi connectivity index (χ4n) is 5.49. The quantitative estimate of drug-likeness (QED) is 0.679. The second-order valence-corrected chi connectivity index (χ2v) is 9.78. The largest absolute Gasteiger partial charge is 0.481 e. The number of rotatable bonds is 6. The smallest absolute Gasteiger partial charge is 0.407 e. The van der Waals surface area contributed by atoms with E-state index in [1.807, 2.05) is 31.2 Å². The van der Waals surface area contributed by atoms with Gasteiger partial charge in [-0.3, -0.25) is 9.59 Å². The van der Waals surface area contributed by atoms with Gasteiger partial charge in [-0.2, -0.15) is 0 Å². The third kappa shape index (κ3) is 4.27. The molecule has 7 nitrogen and oxygen atoms in total. The zero-order chi connectivity index (χ0) is 23.8. The molecule has 2 N–H and O–H groups in total. The van der Waals surface area contributed by atoms with Gasteiger partial charge in [0.05, 0.1) is 5.92 Å². The van der Waals surface area contributed by atoms with Gasteiger partial charge in [-0.05, 0) is 53.4 Å². The maximum absolute atomic E-state index is 13.2. The second kappa shape index (κ2) is 9.12. The monoisotopic (exact) mass is 462 g/mol. The molecule has 34 heavy (non-hydrogen) atoms. The van der Waals surface area contributed by atoms with Crippen molar-refractivity contribution in [3.8, 4) is 11.1 Å². The number of ether oxygens (including phenoxy) is 1. The highest BCUT2D eigenvalue weighted by atomic mass is 16.5. The molecule has 2 fully saturated rings. The van der Waals surface area contributed by atoms with E-state index in [4.69, 9.17) is 4.74 Å². The molecule has 1 heterocycles. The highest BCUT2D eigenvalue weighted by molar-refractivity contribution is 5.87.